The second-order valence-corrected chi connectivity index (χ2v) is 7.49. The summed E-state index contributed by atoms with van der Waals surface area (Å²) in [4.78, 5) is 39.3. The van der Waals surface area contributed by atoms with E-state index in [0.29, 0.717) is 18.7 Å². The number of nitrogens with one attached hydrogen (secondary N) is 2. The van der Waals surface area contributed by atoms with Crippen LogP contribution in [-0.4, -0.2) is 68.0 Å². The van der Waals surface area contributed by atoms with Crippen molar-refractivity contribution in [3.8, 4) is 5.75 Å². The van der Waals surface area contributed by atoms with Crippen LogP contribution in [0.2, 0.25) is 0 Å². The van der Waals surface area contributed by atoms with Gasteiger partial charge in [0.25, 0.3) is 5.69 Å². The Bertz CT molecular complexity index is 988. The molecule has 0 radical (unpaired) electrons. The number of carbonyl (C=O) groups excluding carboxylic acids is 2. The van der Waals surface area contributed by atoms with E-state index in [0.717, 1.165) is 37.6 Å². The highest BCUT2D eigenvalue weighted by molar-refractivity contribution is 6.39. The summed E-state index contributed by atoms with van der Waals surface area (Å²) in [6.07, 6.45) is 0. The summed E-state index contributed by atoms with van der Waals surface area (Å²) in [6, 6.07) is 12.3. The summed E-state index contributed by atoms with van der Waals surface area (Å²) >= 11 is 0. The number of nitro benzene ring substituents is 1. The Balaban J connectivity index is 1.44. The van der Waals surface area contributed by atoms with Crippen molar-refractivity contribution in [1.29, 1.82) is 0 Å². The van der Waals surface area contributed by atoms with E-state index in [1.54, 1.807) is 20.1 Å². The number of nitro groups is 1. The predicted molar refractivity (Wildman–Crippen MR) is 121 cm³/mol. The van der Waals surface area contributed by atoms with Gasteiger partial charge in [0, 0.05) is 45.3 Å². The van der Waals surface area contributed by atoms with Crippen LogP contribution in [0.25, 0.3) is 0 Å². The van der Waals surface area contributed by atoms with E-state index < -0.39 is 16.7 Å². The van der Waals surface area contributed by atoms with Crippen LogP contribution in [0.4, 0.5) is 17.1 Å². The van der Waals surface area contributed by atoms with Gasteiger partial charge in [-0.3, -0.25) is 24.6 Å². The van der Waals surface area contributed by atoms with Crippen molar-refractivity contribution in [3.05, 3.63) is 58.1 Å². The molecule has 1 aliphatic heterocycles. The molecule has 0 atom stereocenters. The first kappa shape index (κ1) is 23.0. The first-order valence-corrected chi connectivity index (χ1v) is 10.3. The van der Waals surface area contributed by atoms with E-state index in [1.165, 1.54) is 12.1 Å². The molecule has 3 rings (SSSR count). The van der Waals surface area contributed by atoms with E-state index in [4.69, 9.17) is 4.74 Å². The number of nitrogens with zero attached hydrogens (tertiary/aromatic N) is 3. The fourth-order valence-electron chi connectivity index (χ4n) is 3.59. The predicted octanol–water partition coefficient (Wildman–Crippen LogP) is 1.79. The lowest BCUT2D eigenvalue weighted by Crippen LogP contribution is -2.49. The lowest BCUT2D eigenvalue weighted by atomic mass is 10.2. The van der Waals surface area contributed by atoms with Crippen LogP contribution >= 0.6 is 0 Å². The maximum absolute atomic E-state index is 12.1. The number of hydrogen-bond donors (Lipinski definition) is 2. The van der Waals surface area contributed by atoms with Crippen molar-refractivity contribution < 1.29 is 19.2 Å². The van der Waals surface area contributed by atoms with Crippen LogP contribution < -0.4 is 20.3 Å². The summed E-state index contributed by atoms with van der Waals surface area (Å²) in [5.74, 6) is -0.918. The van der Waals surface area contributed by atoms with Gasteiger partial charge >= 0.3 is 11.8 Å². The quantitative estimate of drug-likeness (QED) is 0.382. The van der Waals surface area contributed by atoms with Crippen LogP contribution in [-0.2, 0) is 9.59 Å². The van der Waals surface area contributed by atoms with Gasteiger partial charge in [0.2, 0.25) is 0 Å². The van der Waals surface area contributed by atoms with Gasteiger partial charge in [0.05, 0.1) is 17.7 Å². The molecule has 2 N–H and O–H groups in total. The number of aryl methyl sites for hydroxylation is 1. The zero-order valence-electron chi connectivity index (χ0n) is 18.2. The largest absolute Gasteiger partial charge is 0.495 e. The Morgan fingerprint density at radius 2 is 1.81 bits per heavy atom. The lowest BCUT2D eigenvalue weighted by molar-refractivity contribution is -0.384. The maximum Gasteiger partial charge on any atom is 0.313 e. The smallest absolute Gasteiger partial charge is 0.313 e. The number of amides is 2. The van der Waals surface area contributed by atoms with E-state index in [-0.39, 0.29) is 11.4 Å². The minimum absolute atomic E-state index is 0.00629. The number of carbonyl (C=O) groups is 2. The zero-order chi connectivity index (χ0) is 23.1. The van der Waals surface area contributed by atoms with E-state index >= 15 is 0 Å². The number of ether oxygens (including phenoxy) is 1. The number of anilines is 2. The van der Waals surface area contributed by atoms with Crippen molar-refractivity contribution in [2.24, 2.45) is 0 Å². The van der Waals surface area contributed by atoms with E-state index in [9.17, 15) is 19.7 Å². The Morgan fingerprint density at radius 1 is 1.09 bits per heavy atom. The zero-order valence-corrected chi connectivity index (χ0v) is 18.2. The SMILES string of the molecule is COc1ccccc1N1CCN(CCNC(=O)C(=O)Nc2ccc(C)cc2[N+](=O)[O-])CC1. The molecule has 170 valence electrons. The summed E-state index contributed by atoms with van der Waals surface area (Å²) in [6.45, 7) is 5.89. The normalized spacial score (nSPS) is 14.0. The Morgan fingerprint density at radius 3 is 2.50 bits per heavy atom. The molecule has 0 unspecified atom stereocenters. The van der Waals surface area contributed by atoms with Crippen LogP contribution in [0.1, 0.15) is 5.56 Å². The molecule has 10 nitrogen and oxygen atoms in total. The molecular formula is C22H27N5O5. The average molecular weight is 441 g/mol. The van der Waals surface area contributed by atoms with E-state index in [2.05, 4.69) is 20.4 Å². The van der Waals surface area contributed by atoms with Gasteiger partial charge in [-0.1, -0.05) is 18.2 Å². The number of benzene rings is 2. The molecule has 1 aliphatic rings. The van der Waals surface area contributed by atoms with Crippen molar-refractivity contribution in [2.75, 3.05) is 56.6 Å². The molecule has 2 aromatic carbocycles. The second kappa shape index (κ2) is 10.6. The molecule has 0 bridgehead atoms. The highest BCUT2D eigenvalue weighted by Crippen LogP contribution is 2.28. The molecule has 0 saturated carbocycles. The van der Waals surface area contributed by atoms with Gasteiger partial charge in [0.15, 0.2) is 0 Å². The fourth-order valence-corrected chi connectivity index (χ4v) is 3.59. The first-order chi connectivity index (χ1) is 15.4. The average Bonchev–Trinajstić information content (AvgIpc) is 2.80. The number of piperazine rings is 1. The van der Waals surface area contributed by atoms with Crippen LogP contribution in [0.3, 0.4) is 0 Å². The third-order valence-corrected chi connectivity index (χ3v) is 5.32. The van der Waals surface area contributed by atoms with Gasteiger partial charge in [-0.25, -0.2) is 0 Å². The number of methoxy groups -OCH3 is 1. The van der Waals surface area contributed by atoms with Crippen molar-refractivity contribution in [3.63, 3.8) is 0 Å². The lowest BCUT2D eigenvalue weighted by Gasteiger charge is -2.36. The van der Waals surface area contributed by atoms with Gasteiger partial charge in [-0.05, 0) is 30.7 Å². The number of rotatable bonds is 7. The highest BCUT2D eigenvalue weighted by Gasteiger charge is 2.22. The van der Waals surface area contributed by atoms with E-state index in [1.807, 2.05) is 24.3 Å². The third-order valence-electron chi connectivity index (χ3n) is 5.32. The summed E-state index contributed by atoms with van der Waals surface area (Å²) in [5, 5.41) is 16.1. The second-order valence-electron chi connectivity index (χ2n) is 7.49. The molecule has 2 amide bonds. The Kier molecular flexibility index (Phi) is 7.61. The Hall–Kier alpha value is -3.66. The summed E-state index contributed by atoms with van der Waals surface area (Å²) in [5.41, 5.74) is 1.49. The van der Waals surface area contributed by atoms with Gasteiger partial charge < -0.3 is 20.3 Å². The first-order valence-electron chi connectivity index (χ1n) is 10.3. The molecule has 10 heteroatoms. The van der Waals surface area contributed by atoms with Crippen molar-refractivity contribution >= 4 is 28.9 Å². The third kappa shape index (κ3) is 5.73. The van der Waals surface area contributed by atoms with Gasteiger partial charge in [0.1, 0.15) is 11.4 Å². The van der Waals surface area contributed by atoms with Crippen LogP contribution in [0.5, 0.6) is 5.75 Å². The van der Waals surface area contributed by atoms with Crippen LogP contribution in [0, 0.1) is 17.0 Å². The highest BCUT2D eigenvalue weighted by atomic mass is 16.6. The molecule has 32 heavy (non-hydrogen) atoms. The molecule has 1 fully saturated rings. The van der Waals surface area contributed by atoms with Gasteiger partial charge in [-0.15, -0.1) is 0 Å². The minimum atomic E-state index is -0.932. The fraction of sp³-hybridized carbons (Fsp3) is 0.364. The number of hydrogen-bond acceptors (Lipinski definition) is 7. The van der Waals surface area contributed by atoms with Gasteiger partial charge in [-0.2, -0.15) is 0 Å². The van der Waals surface area contributed by atoms with Crippen molar-refractivity contribution in [1.82, 2.24) is 10.2 Å². The number of para-hydroxylation sites is 2. The molecule has 0 aliphatic carbocycles. The standard InChI is InChI=1S/C22H27N5O5/c1-16-7-8-17(19(15-16)27(30)31)24-22(29)21(28)23-9-10-25-11-13-26(14-12-25)18-5-3-4-6-20(18)32-2/h3-8,15H,9-14H2,1-2H3,(H,23,28)(H,24,29). The molecule has 0 spiro atoms. The molecule has 0 aromatic heterocycles. The molecule has 2 aromatic rings. The topological polar surface area (TPSA) is 117 Å². The maximum atomic E-state index is 12.1. The molecular weight excluding hydrogens is 414 g/mol. The van der Waals surface area contributed by atoms with Crippen LogP contribution in [0.15, 0.2) is 42.5 Å². The molecule has 1 heterocycles. The Labute approximate surface area is 186 Å². The van der Waals surface area contributed by atoms with Crippen molar-refractivity contribution in [2.45, 2.75) is 6.92 Å². The monoisotopic (exact) mass is 441 g/mol. The summed E-state index contributed by atoms with van der Waals surface area (Å²) in [7, 11) is 1.66. The minimum Gasteiger partial charge on any atom is -0.495 e. The molecule has 1 saturated heterocycles. The summed E-state index contributed by atoms with van der Waals surface area (Å²) < 4.78 is 5.43.